The Balaban J connectivity index is 1.78. The molecule has 0 spiro atoms. The van der Waals surface area contributed by atoms with Gasteiger partial charge in [-0.05, 0) is 82.2 Å². The van der Waals surface area contributed by atoms with Crippen LogP contribution in [0, 0.1) is 23.7 Å². The second kappa shape index (κ2) is 20.3. The number of anilines is 1. The fourth-order valence-corrected chi connectivity index (χ4v) is 9.91. The molecule has 1 aromatic carbocycles. The van der Waals surface area contributed by atoms with E-state index in [2.05, 4.69) is 18.7 Å². The number of likely N-dealkylation sites (tertiary alicyclic amines) is 2. The number of nitrogen functional groups attached to an aromatic ring is 1. The Hall–Kier alpha value is -2.87. The van der Waals surface area contributed by atoms with Crippen molar-refractivity contribution in [3.8, 4) is 0 Å². The Morgan fingerprint density at radius 3 is 2.11 bits per heavy atom. The number of ketones is 2. The zero-order valence-corrected chi connectivity index (χ0v) is 35.3. The van der Waals surface area contributed by atoms with Crippen LogP contribution < -0.4 is 5.73 Å². The van der Waals surface area contributed by atoms with Gasteiger partial charge in [-0.25, -0.2) is 8.42 Å². The topological polar surface area (TPSA) is 157 Å². The number of amides is 2. The van der Waals surface area contributed by atoms with E-state index in [1.165, 1.54) is 31.4 Å². The van der Waals surface area contributed by atoms with Gasteiger partial charge in [0.2, 0.25) is 11.8 Å². The summed E-state index contributed by atoms with van der Waals surface area (Å²) in [5, 5.41) is 0. The van der Waals surface area contributed by atoms with Crippen LogP contribution >= 0.6 is 0 Å². The van der Waals surface area contributed by atoms with E-state index in [4.69, 9.17) is 15.2 Å². The first kappa shape index (κ1) is 45.5. The average molecular weight is 777 g/mol. The molecular formula is C41H68N4O8S. The van der Waals surface area contributed by atoms with Crippen LogP contribution in [0.1, 0.15) is 99.8 Å². The maximum atomic E-state index is 14.4. The number of nitrogens with zero attached hydrogens (tertiary/aromatic N) is 3. The zero-order chi connectivity index (χ0) is 40.5. The number of ether oxygens (including phenoxy) is 2. The lowest BCUT2D eigenvalue weighted by Gasteiger charge is -2.41. The molecule has 2 amide bonds. The standard InChI is InChI=1S/C41H68N4O8S/c1-11-28(6)39(43(8)41(49)32(26(2)3)23-35(46)33-15-12-13-21-44(33)27(4)5)37(52-9)24-38(48)45-22-14-16-34(45)40(53-10)29(7)36(47)25-54(50,51)31-19-17-30(42)18-20-31/h17-20,26-29,32-34,37,39-40H,11-16,21-25,42H2,1-10H3/t28-,29-,32-,33+,34-,37+,39-,40+/m0/s1. The highest BCUT2D eigenvalue weighted by molar-refractivity contribution is 7.92. The van der Waals surface area contributed by atoms with Gasteiger partial charge in [-0.3, -0.25) is 24.1 Å². The molecule has 2 N–H and O–H groups in total. The monoisotopic (exact) mass is 776 g/mol. The molecule has 2 fully saturated rings. The second-order valence-corrected chi connectivity index (χ2v) is 18.2. The molecule has 1 aromatic rings. The number of carbonyl (C=O) groups is 4. The van der Waals surface area contributed by atoms with Gasteiger partial charge in [0, 0.05) is 57.8 Å². The first-order valence-corrected chi connectivity index (χ1v) is 21.6. The molecule has 2 aliphatic rings. The molecule has 0 bridgehead atoms. The summed E-state index contributed by atoms with van der Waals surface area (Å²) < 4.78 is 38.0. The second-order valence-electron chi connectivity index (χ2n) is 16.2. The van der Waals surface area contributed by atoms with Gasteiger partial charge in [0.05, 0.1) is 41.6 Å². The van der Waals surface area contributed by atoms with E-state index in [0.717, 1.165) is 32.2 Å². The summed E-state index contributed by atoms with van der Waals surface area (Å²) >= 11 is 0. The van der Waals surface area contributed by atoms with Crippen molar-refractivity contribution in [3.63, 3.8) is 0 Å². The first-order valence-electron chi connectivity index (χ1n) is 19.9. The van der Waals surface area contributed by atoms with Crippen molar-refractivity contribution in [1.29, 1.82) is 0 Å². The number of hydrogen-bond donors (Lipinski definition) is 1. The Morgan fingerprint density at radius 1 is 0.907 bits per heavy atom. The molecule has 2 saturated heterocycles. The summed E-state index contributed by atoms with van der Waals surface area (Å²) in [6, 6.07) is 4.93. The van der Waals surface area contributed by atoms with Crippen LogP contribution in [-0.2, 0) is 38.5 Å². The maximum Gasteiger partial charge on any atom is 0.226 e. The predicted octanol–water partition coefficient (Wildman–Crippen LogP) is 5.03. The number of benzene rings is 1. The van der Waals surface area contributed by atoms with Crippen LogP contribution in [0.5, 0.6) is 0 Å². The molecule has 0 saturated carbocycles. The van der Waals surface area contributed by atoms with Crippen LogP contribution in [0.15, 0.2) is 29.2 Å². The van der Waals surface area contributed by atoms with Gasteiger partial charge in [0.15, 0.2) is 21.4 Å². The lowest BCUT2D eigenvalue weighted by Crippen LogP contribution is -2.54. The number of nitrogens with two attached hydrogens (primary N) is 1. The quantitative estimate of drug-likeness (QED) is 0.178. The number of methoxy groups -OCH3 is 2. The van der Waals surface area contributed by atoms with Crippen LogP contribution in [0.4, 0.5) is 5.69 Å². The molecule has 8 atom stereocenters. The average Bonchev–Trinajstić information content (AvgIpc) is 3.62. The Morgan fingerprint density at radius 2 is 1.56 bits per heavy atom. The third-order valence-corrected chi connectivity index (χ3v) is 13.7. The Labute approximate surface area is 324 Å². The molecule has 2 heterocycles. The molecular weight excluding hydrogens is 709 g/mol. The van der Waals surface area contributed by atoms with Gasteiger partial charge < -0.3 is 25.0 Å². The van der Waals surface area contributed by atoms with Crippen LogP contribution in [-0.4, -0.2) is 123 Å². The number of piperidine rings is 1. The zero-order valence-electron chi connectivity index (χ0n) is 34.5. The van der Waals surface area contributed by atoms with Crippen molar-refractivity contribution < 1.29 is 37.1 Å². The molecule has 0 radical (unpaired) electrons. The molecule has 12 nitrogen and oxygen atoms in total. The minimum atomic E-state index is -3.91. The smallest absolute Gasteiger partial charge is 0.226 e. The van der Waals surface area contributed by atoms with Gasteiger partial charge in [0.1, 0.15) is 5.75 Å². The van der Waals surface area contributed by atoms with E-state index in [0.29, 0.717) is 25.1 Å². The van der Waals surface area contributed by atoms with Crippen molar-refractivity contribution in [2.24, 2.45) is 23.7 Å². The fourth-order valence-electron chi connectivity index (χ4n) is 8.56. The Bertz CT molecular complexity index is 1520. The summed E-state index contributed by atoms with van der Waals surface area (Å²) in [7, 11) is 0.887. The van der Waals surface area contributed by atoms with Crippen molar-refractivity contribution >= 4 is 38.9 Å². The van der Waals surface area contributed by atoms with Crippen molar-refractivity contribution in [2.45, 2.75) is 141 Å². The van der Waals surface area contributed by atoms with E-state index in [9.17, 15) is 27.6 Å². The third kappa shape index (κ3) is 11.1. The van der Waals surface area contributed by atoms with Crippen LogP contribution in [0.3, 0.4) is 0 Å². The van der Waals surface area contributed by atoms with Gasteiger partial charge >= 0.3 is 0 Å². The van der Waals surface area contributed by atoms with E-state index < -0.39 is 57.5 Å². The SMILES string of the molecule is CC[C@H](C)[C@@H]([C@@H](CC(=O)N1CCC[C@H]1[C@H](OC)[C@@H](C)C(=O)CS(=O)(=O)c1ccc(N)cc1)OC)N(C)C(=O)[C@@H](CC(=O)[C@H]1CCCCN1C(C)C)C(C)C. The molecule has 13 heteroatoms. The van der Waals surface area contributed by atoms with E-state index in [1.807, 2.05) is 27.7 Å². The van der Waals surface area contributed by atoms with Crippen molar-refractivity contribution in [1.82, 2.24) is 14.7 Å². The fraction of sp³-hybridized carbons (Fsp3) is 0.756. The number of rotatable bonds is 20. The number of carbonyl (C=O) groups excluding carboxylic acids is 4. The number of Topliss-reactive ketones (excluding diaryl/α,β-unsaturated/α-hetero) is 2. The van der Waals surface area contributed by atoms with Crippen molar-refractivity contribution in [2.75, 3.05) is 45.8 Å². The highest BCUT2D eigenvalue weighted by Crippen LogP contribution is 2.32. The largest absolute Gasteiger partial charge is 0.399 e. The van der Waals surface area contributed by atoms with Crippen molar-refractivity contribution in [3.05, 3.63) is 24.3 Å². The molecule has 0 unspecified atom stereocenters. The number of hydrogen-bond acceptors (Lipinski definition) is 10. The molecule has 306 valence electrons. The first-order chi connectivity index (χ1) is 25.4. The van der Waals surface area contributed by atoms with Gasteiger partial charge in [-0.1, -0.05) is 47.5 Å². The molecule has 3 rings (SSSR count). The minimum Gasteiger partial charge on any atom is -0.399 e. The summed E-state index contributed by atoms with van der Waals surface area (Å²) in [4.78, 5) is 61.5. The van der Waals surface area contributed by atoms with E-state index in [-0.39, 0.29) is 59.3 Å². The summed E-state index contributed by atoms with van der Waals surface area (Å²) in [6.45, 7) is 15.3. The molecule has 0 aromatic heterocycles. The van der Waals surface area contributed by atoms with E-state index in [1.54, 1.807) is 30.9 Å². The highest BCUT2D eigenvalue weighted by atomic mass is 32.2. The lowest BCUT2D eigenvalue weighted by molar-refractivity contribution is -0.149. The summed E-state index contributed by atoms with van der Waals surface area (Å²) in [5.74, 6) is -2.77. The van der Waals surface area contributed by atoms with Crippen LogP contribution in [0.25, 0.3) is 0 Å². The minimum absolute atomic E-state index is 0.000599. The Kier molecular flexibility index (Phi) is 17.1. The van der Waals surface area contributed by atoms with Crippen LogP contribution in [0.2, 0.25) is 0 Å². The summed E-state index contributed by atoms with van der Waals surface area (Å²) in [6.07, 6.45) is 3.74. The van der Waals surface area contributed by atoms with E-state index >= 15 is 0 Å². The number of likely N-dealkylation sites (N-methyl/N-ethyl adjacent to an activating group) is 1. The van der Waals surface area contributed by atoms with Gasteiger partial charge in [-0.2, -0.15) is 0 Å². The third-order valence-electron chi connectivity index (χ3n) is 12.0. The normalized spacial score (nSPS) is 21.7. The molecule has 0 aliphatic carbocycles. The molecule has 54 heavy (non-hydrogen) atoms. The summed E-state index contributed by atoms with van der Waals surface area (Å²) in [5.41, 5.74) is 6.13. The van der Waals surface area contributed by atoms with Gasteiger partial charge in [-0.15, -0.1) is 0 Å². The van der Waals surface area contributed by atoms with Gasteiger partial charge in [0.25, 0.3) is 0 Å². The maximum absolute atomic E-state index is 14.4. The number of sulfone groups is 1. The molecule has 2 aliphatic heterocycles. The lowest BCUT2D eigenvalue weighted by atomic mass is 9.83. The highest BCUT2D eigenvalue weighted by Gasteiger charge is 2.43. The predicted molar refractivity (Wildman–Crippen MR) is 211 cm³/mol.